The number of carbonyl (C=O) groups is 1. The fourth-order valence-electron chi connectivity index (χ4n) is 2.69. The van der Waals surface area contributed by atoms with E-state index in [1.807, 2.05) is 41.8 Å². The molecule has 0 fully saturated rings. The SMILES string of the molecule is Cc1ccc2c(c1)nc(CC(=O)O)n2Cc1ccccc1C. The van der Waals surface area contributed by atoms with Gasteiger partial charge in [0.05, 0.1) is 11.0 Å². The van der Waals surface area contributed by atoms with E-state index in [9.17, 15) is 4.79 Å². The molecule has 0 aliphatic carbocycles. The van der Waals surface area contributed by atoms with Gasteiger partial charge in [-0.25, -0.2) is 4.98 Å². The standard InChI is InChI=1S/C18H18N2O2/c1-12-7-8-16-15(9-12)19-17(10-18(21)22)20(16)11-14-6-4-3-5-13(14)2/h3-9H,10-11H2,1-2H3,(H,21,22). The zero-order chi connectivity index (χ0) is 15.7. The van der Waals surface area contributed by atoms with Crippen LogP contribution in [0.15, 0.2) is 42.5 Å². The van der Waals surface area contributed by atoms with Crippen LogP contribution in [0.2, 0.25) is 0 Å². The number of aliphatic carboxylic acids is 1. The van der Waals surface area contributed by atoms with E-state index in [0.717, 1.165) is 16.6 Å². The molecule has 4 nitrogen and oxygen atoms in total. The number of rotatable bonds is 4. The molecule has 1 aromatic heterocycles. The van der Waals surface area contributed by atoms with Crippen LogP contribution in [0, 0.1) is 13.8 Å². The van der Waals surface area contributed by atoms with Crippen molar-refractivity contribution in [3.05, 3.63) is 65.0 Å². The van der Waals surface area contributed by atoms with E-state index >= 15 is 0 Å². The maximum absolute atomic E-state index is 11.1. The maximum Gasteiger partial charge on any atom is 0.311 e. The zero-order valence-corrected chi connectivity index (χ0v) is 12.7. The van der Waals surface area contributed by atoms with E-state index in [-0.39, 0.29) is 6.42 Å². The van der Waals surface area contributed by atoms with Crippen LogP contribution < -0.4 is 0 Å². The molecule has 1 heterocycles. The number of nitrogens with zero attached hydrogens (tertiary/aromatic N) is 2. The van der Waals surface area contributed by atoms with Crippen molar-refractivity contribution in [1.82, 2.24) is 9.55 Å². The Balaban J connectivity index is 2.13. The second kappa shape index (κ2) is 5.64. The Labute approximate surface area is 129 Å². The van der Waals surface area contributed by atoms with Crippen molar-refractivity contribution in [2.75, 3.05) is 0 Å². The van der Waals surface area contributed by atoms with Gasteiger partial charge in [-0.15, -0.1) is 0 Å². The highest BCUT2D eigenvalue weighted by molar-refractivity contribution is 5.79. The molecule has 0 radical (unpaired) electrons. The van der Waals surface area contributed by atoms with E-state index < -0.39 is 5.97 Å². The smallest absolute Gasteiger partial charge is 0.311 e. The molecular weight excluding hydrogens is 276 g/mol. The lowest BCUT2D eigenvalue weighted by Crippen LogP contribution is -2.10. The second-order valence-electron chi connectivity index (χ2n) is 5.60. The number of benzene rings is 2. The van der Waals surface area contributed by atoms with Crippen LogP contribution >= 0.6 is 0 Å². The van der Waals surface area contributed by atoms with Gasteiger partial charge in [0.1, 0.15) is 12.2 Å². The molecule has 0 aliphatic heterocycles. The van der Waals surface area contributed by atoms with Crippen molar-refractivity contribution in [1.29, 1.82) is 0 Å². The molecule has 0 aliphatic rings. The molecule has 0 saturated heterocycles. The largest absolute Gasteiger partial charge is 0.481 e. The van der Waals surface area contributed by atoms with E-state index in [4.69, 9.17) is 5.11 Å². The number of hydrogen-bond donors (Lipinski definition) is 1. The van der Waals surface area contributed by atoms with Gasteiger partial charge in [0.25, 0.3) is 0 Å². The summed E-state index contributed by atoms with van der Waals surface area (Å²) in [5, 5.41) is 9.14. The topological polar surface area (TPSA) is 55.1 Å². The Morgan fingerprint density at radius 2 is 1.95 bits per heavy atom. The number of carboxylic acid groups (broad SMARTS) is 1. The first-order chi connectivity index (χ1) is 10.5. The molecule has 0 spiro atoms. The predicted molar refractivity (Wildman–Crippen MR) is 86.1 cm³/mol. The van der Waals surface area contributed by atoms with Crippen molar-refractivity contribution >= 4 is 17.0 Å². The summed E-state index contributed by atoms with van der Waals surface area (Å²) >= 11 is 0. The van der Waals surface area contributed by atoms with Crippen molar-refractivity contribution in [3.8, 4) is 0 Å². The van der Waals surface area contributed by atoms with Gasteiger partial charge in [-0.1, -0.05) is 30.3 Å². The number of aromatic nitrogens is 2. The molecule has 3 aromatic rings. The molecule has 0 saturated carbocycles. The van der Waals surface area contributed by atoms with Gasteiger partial charge in [0.2, 0.25) is 0 Å². The Bertz CT molecular complexity index is 849. The molecule has 1 N–H and O–H groups in total. The number of fused-ring (bicyclic) bond motifs is 1. The van der Waals surface area contributed by atoms with Crippen molar-refractivity contribution in [2.45, 2.75) is 26.8 Å². The normalized spacial score (nSPS) is 11.0. The summed E-state index contributed by atoms with van der Waals surface area (Å²) in [6, 6.07) is 14.2. The molecule has 112 valence electrons. The molecule has 22 heavy (non-hydrogen) atoms. The number of hydrogen-bond acceptors (Lipinski definition) is 2. The monoisotopic (exact) mass is 294 g/mol. The average molecular weight is 294 g/mol. The summed E-state index contributed by atoms with van der Waals surface area (Å²) in [5.41, 5.74) is 5.32. The van der Waals surface area contributed by atoms with Crippen molar-refractivity contribution in [3.63, 3.8) is 0 Å². The lowest BCUT2D eigenvalue weighted by atomic mass is 10.1. The van der Waals surface area contributed by atoms with E-state index in [0.29, 0.717) is 12.4 Å². The fraction of sp³-hybridized carbons (Fsp3) is 0.222. The molecular formula is C18H18N2O2. The fourth-order valence-corrected chi connectivity index (χ4v) is 2.69. The number of imidazole rings is 1. The molecule has 0 bridgehead atoms. The molecule has 0 unspecified atom stereocenters. The first kappa shape index (κ1) is 14.3. The molecule has 3 rings (SSSR count). The molecule has 0 amide bonds. The van der Waals surface area contributed by atoms with Crippen LogP contribution in [0.4, 0.5) is 0 Å². The molecule has 4 heteroatoms. The average Bonchev–Trinajstić information content (AvgIpc) is 2.77. The van der Waals surface area contributed by atoms with E-state index in [1.165, 1.54) is 11.1 Å². The van der Waals surface area contributed by atoms with E-state index in [2.05, 4.69) is 24.0 Å². The molecule has 2 aromatic carbocycles. The summed E-state index contributed by atoms with van der Waals surface area (Å²) in [6.45, 7) is 4.71. The highest BCUT2D eigenvalue weighted by atomic mass is 16.4. The van der Waals surface area contributed by atoms with Gasteiger partial charge in [-0.3, -0.25) is 4.79 Å². The van der Waals surface area contributed by atoms with Crippen molar-refractivity contribution < 1.29 is 9.90 Å². The maximum atomic E-state index is 11.1. The van der Waals surface area contributed by atoms with Crippen LogP contribution in [0.1, 0.15) is 22.5 Å². The third-order valence-electron chi connectivity index (χ3n) is 3.88. The Hall–Kier alpha value is -2.62. The summed E-state index contributed by atoms with van der Waals surface area (Å²) < 4.78 is 2.01. The third kappa shape index (κ3) is 2.72. The summed E-state index contributed by atoms with van der Waals surface area (Å²) in [5.74, 6) is -0.269. The quantitative estimate of drug-likeness (QED) is 0.803. The number of aryl methyl sites for hydroxylation is 2. The minimum absolute atomic E-state index is 0.0698. The lowest BCUT2D eigenvalue weighted by molar-refractivity contribution is -0.136. The van der Waals surface area contributed by atoms with Gasteiger partial charge in [0.15, 0.2) is 0 Å². The Morgan fingerprint density at radius 1 is 1.18 bits per heavy atom. The minimum Gasteiger partial charge on any atom is -0.481 e. The van der Waals surface area contributed by atoms with Gasteiger partial charge < -0.3 is 9.67 Å². The minimum atomic E-state index is -0.863. The first-order valence-corrected chi connectivity index (χ1v) is 7.26. The van der Waals surface area contributed by atoms with Crippen LogP contribution in [0.5, 0.6) is 0 Å². The summed E-state index contributed by atoms with van der Waals surface area (Å²) in [6.07, 6.45) is -0.0698. The number of carboxylic acids is 1. The van der Waals surface area contributed by atoms with Crippen molar-refractivity contribution in [2.24, 2.45) is 0 Å². The van der Waals surface area contributed by atoms with Crippen LogP contribution in [-0.2, 0) is 17.8 Å². The Morgan fingerprint density at radius 3 is 2.68 bits per heavy atom. The van der Waals surface area contributed by atoms with Crippen LogP contribution in [-0.4, -0.2) is 20.6 Å². The predicted octanol–water partition coefficient (Wildman–Crippen LogP) is 3.33. The van der Waals surface area contributed by atoms with Gasteiger partial charge in [0, 0.05) is 6.54 Å². The van der Waals surface area contributed by atoms with Crippen LogP contribution in [0.25, 0.3) is 11.0 Å². The van der Waals surface area contributed by atoms with Gasteiger partial charge >= 0.3 is 5.97 Å². The van der Waals surface area contributed by atoms with Gasteiger partial charge in [-0.2, -0.15) is 0 Å². The molecule has 0 atom stereocenters. The lowest BCUT2D eigenvalue weighted by Gasteiger charge is -2.10. The first-order valence-electron chi connectivity index (χ1n) is 7.26. The Kier molecular flexibility index (Phi) is 3.67. The summed E-state index contributed by atoms with van der Waals surface area (Å²) in [4.78, 5) is 15.7. The summed E-state index contributed by atoms with van der Waals surface area (Å²) in [7, 11) is 0. The second-order valence-corrected chi connectivity index (χ2v) is 5.60. The highest BCUT2D eigenvalue weighted by Gasteiger charge is 2.14. The van der Waals surface area contributed by atoms with Gasteiger partial charge in [-0.05, 0) is 42.7 Å². The van der Waals surface area contributed by atoms with Crippen LogP contribution in [0.3, 0.4) is 0 Å². The third-order valence-corrected chi connectivity index (χ3v) is 3.88. The van der Waals surface area contributed by atoms with E-state index in [1.54, 1.807) is 0 Å². The highest BCUT2D eigenvalue weighted by Crippen LogP contribution is 2.21. The zero-order valence-electron chi connectivity index (χ0n) is 12.7.